The Morgan fingerprint density at radius 1 is 1.37 bits per heavy atom. The topological polar surface area (TPSA) is 46.5 Å². The predicted octanol–water partition coefficient (Wildman–Crippen LogP) is 3.64. The number of carbonyl (C=O) groups is 1. The first kappa shape index (κ1) is 14.3. The van der Waals surface area contributed by atoms with Gasteiger partial charge in [-0.3, -0.25) is 4.79 Å². The molecule has 1 aliphatic rings. The van der Waals surface area contributed by atoms with Crippen LogP contribution >= 0.6 is 11.6 Å². The maximum atomic E-state index is 13.5. The molecule has 0 atom stereocenters. The van der Waals surface area contributed by atoms with E-state index in [2.05, 4.69) is 0 Å². The van der Waals surface area contributed by atoms with Crippen LogP contribution in [0.3, 0.4) is 0 Å². The van der Waals surface area contributed by atoms with Gasteiger partial charge in [-0.15, -0.1) is 0 Å². The monoisotopic (exact) mass is 286 g/mol. The highest BCUT2D eigenvalue weighted by molar-refractivity contribution is 6.30. The molecule has 0 radical (unpaired) electrons. The van der Waals surface area contributed by atoms with E-state index in [-0.39, 0.29) is 24.4 Å². The van der Waals surface area contributed by atoms with Crippen molar-refractivity contribution in [2.24, 2.45) is 5.92 Å². The molecule has 0 aliphatic heterocycles. The van der Waals surface area contributed by atoms with Crippen molar-refractivity contribution in [2.75, 3.05) is 0 Å². The molecule has 104 valence electrons. The van der Waals surface area contributed by atoms with Gasteiger partial charge in [0.15, 0.2) is 0 Å². The first-order chi connectivity index (χ1) is 9.06. The lowest BCUT2D eigenvalue weighted by Gasteiger charge is -2.26. The van der Waals surface area contributed by atoms with Crippen molar-refractivity contribution in [2.45, 2.75) is 38.4 Å². The summed E-state index contributed by atoms with van der Waals surface area (Å²) in [5, 5.41) is 9.26. The molecule has 0 amide bonds. The highest BCUT2D eigenvalue weighted by atomic mass is 35.5. The number of ether oxygens (including phenoxy) is 1. The molecule has 1 saturated carbocycles. The van der Waals surface area contributed by atoms with E-state index in [9.17, 15) is 9.18 Å². The molecular weight excluding hydrogens is 271 g/mol. The maximum absolute atomic E-state index is 13.5. The molecule has 1 aliphatic carbocycles. The van der Waals surface area contributed by atoms with Gasteiger partial charge in [-0.05, 0) is 37.8 Å². The van der Waals surface area contributed by atoms with Crippen molar-refractivity contribution in [3.05, 3.63) is 34.6 Å². The number of rotatable bonds is 4. The van der Waals surface area contributed by atoms with Crippen LogP contribution in [0.15, 0.2) is 18.2 Å². The molecule has 0 unspecified atom stereocenters. The van der Waals surface area contributed by atoms with Crippen molar-refractivity contribution in [1.29, 1.82) is 0 Å². The van der Waals surface area contributed by atoms with Crippen molar-refractivity contribution in [3.63, 3.8) is 0 Å². The number of hydrogen-bond donors (Lipinski definition) is 1. The van der Waals surface area contributed by atoms with Crippen molar-refractivity contribution in [3.8, 4) is 0 Å². The molecule has 3 nitrogen and oxygen atoms in total. The fourth-order valence-corrected chi connectivity index (χ4v) is 2.48. The normalized spacial score (nSPS) is 23.3. The first-order valence-electron chi connectivity index (χ1n) is 6.34. The third-order valence-electron chi connectivity index (χ3n) is 3.51. The van der Waals surface area contributed by atoms with Crippen molar-refractivity contribution < 1.29 is 19.0 Å². The van der Waals surface area contributed by atoms with Crippen LogP contribution in [0, 0.1) is 11.7 Å². The number of carboxylic acid groups (broad SMARTS) is 1. The molecule has 1 N–H and O–H groups in total. The van der Waals surface area contributed by atoms with Crippen LogP contribution in [0.25, 0.3) is 0 Å². The molecule has 1 aromatic carbocycles. The summed E-state index contributed by atoms with van der Waals surface area (Å²) in [6, 6.07) is 4.51. The SMILES string of the molecule is O=C(O)C1CCC(OCc2ccc(Cl)cc2F)CC1. The molecule has 0 aromatic heterocycles. The van der Waals surface area contributed by atoms with E-state index in [0.29, 0.717) is 36.3 Å². The van der Waals surface area contributed by atoms with Gasteiger partial charge < -0.3 is 9.84 Å². The molecule has 2 rings (SSSR count). The summed E-state index contributed by atoms with van der Waals surface area (Å²) >= 11 is 5.68. The van der Waals surface area contributed by atoms with Crippen LogP contribution in [0.4, 0.5) is 4.39 Å². The summed E-state index contributed by atoms with van der Waals surface area (Å²) in [5.74, 6) is -1.36. The van der Waals surface area contributed by atoms with Gasteiger partial charge in [0.05, 0.1) is 18.6 Å². The second-order valence-corrected chi connectivity index (χ2v) is 5.30. The molecule has 1 aromatic rings. The van der Waals surface area contributed by atoms with Crippen LogP contribution in [-0.4, -0.2) is 17.2 Å². The first-order valence-corrected chi connectivity index (χ1v) is 6.72. The van der Waals surface area contributed by atoms with Crippen molar-refractivity contribution in [1.82, 2.24) is 0 Å². The minimum absolute atomic E-state index is 0.0191. The lowest BCUT2D eigenvalue weighted by Crippen LogP contribution is -2.26. The molecule has 1 fully saturated rings. The molecule has 0 bridgehead atoms. The number of benzene rings is 1. The van der Waals surface area contributed by atoms with Gasteiger partial charge >= 0.3 is 5.97 Å². The van der Waals surface area contributed by atoms with Crippen LogP contribution in [0.1, 0.15) is 31.2 Å². The summed E-state index contributed by atoms with van der Waals surface area (Å²) in [6.45, 7) is 0.200. The Labute approximate surface area is 116 Å². The zero-order valence-corrected chi connectivity index (χ0v) is 11.2. The fourth-order valence-electron chi connectivity index (χ4n) is 2.32. The van der Waals surface area contributed by atoms with Crippen molar-refractivity contribution >= 4 is 17.6 Å². The van der Waals surface area contributed by atoms with Crippen LogP contribution in [0.2, 0.25) is 5.02 Å². The molecule has 5 heteroatoms. The summed E-state index contributed by atoms with van der Waals surface area (Å²) in [6.07, 6.45) is 2.70. The minimum Gasteiger partial charge on any atom is -0.481 e. The molecule has 0 spiro atoms. The highest BCUT2D eigenvalue weighted by Gasteiger charge is 2.26. The smallest absolute Gasteiger partial charge is 0.306 e. The summed E-state index contributed by atoms with van der Waals surface area (Å²) in [7, 11) is 0. The zero-order chi connectivity index (χ0) is 13.8. The van der Waals surface area contributed by atoms with E-state index in [1.165, 1.54) is 6.07 Å². The summed E-state index contributed by atoms with van der Waals surface area (Å²) in [5.41, 5.74) is 0.477. The second kappa shape index (κ2) is 6.35. The largest absolute Gasteiger partial charge is 0.481 e. The quantitative estimate of drug-likeness (QED) is 0.919. The molecule has 19 heavy (non-hydrogen) atoms. The van der Waals surface area contributed by atoms with Gasteiger partial charge in [0.25, 0.3) is 0 Å². The Morgan fingerprint density at radius 3 is 2.63 bits per heavy atom. The van der Waals surface area contributed by atoms with E-state index in [1.807, 2.05) is 0 Å². The summed E-state index contributed by atoms with van der Waals surface area (Å²) in [4.78, 5) is 10.8. The van der Waals surface area contributed by atoms with Gasteiger partial charge in [0.1, 0.15) is 5.82 Å². The predicted molar refractivity (Wildman–Crippen MR) is 69.6 cm³/mol. The second-order valence-electron chi connectivity index (χ2n) is 4.86. The Kier molecular flexibility index (Phi) is 4.77. The van der Waals surface area contributed by atoms with Gasteiger partial charge in [-0.2, -0.15) is 0 Å². The van der Waals surface area contributed by atoms with E-state index in [4.69, 9.17) is 21.4 Å². The van der Waals surface area contributed by atoms with Gasteiger partial charge in [0.2, 0.25) is 0 Å². The molecule has 0 saturated heterocycles. The average Bonchev–Trinajstić information content (AvgIpc) is 2.38. The summed E-state index contributed by atoms with van der Waals surface area (Å²) < 4.78 is 19.2. The lowest BCUT2D eigenvalue weighted by atomic mass is 9.87. The number of hydrogen-bond acceptors (Lipinski definition) is 2. The third kappa shape index (κ3) is 3.91. The fraction of sp³-hybridized carbons (Fsp3) is 0.500. The van der Waals surface area contributed by atoms with Gasteiger partial charge in [-0.25, -0.2) is 4.39 Å². The number of carboxylic acids is 1. The zero-order valence-electron chi connectivity index (χ0n) is 10.4. The van der Waals surface area contributed by atoms with Crippen LogP contribution < -0.4 is 0 Å². The van der Waals surface area contributed by atoms with Gasteiger partial charge in [0, 0.05) is 10.6 Å². The van der Waals surface area contributed by atoms with E-state index in [0.717, 1.165) is 0 Å². The third-order valence-corrected chi connectivity index (χ3v) is 3.75. The van der Waals surface area contributed by atoms with Gasteiger partial charge in [-0.1, -0.05) is 17.7 Å². The Balaban J connectivity index is 1.82. The highest BCUT2D eigenvalue weighted by Crippen LogP contribution is 2.27. The lowest BCUT2D eigenvalue weighted by molar-refractivity contribution is -0.143. The molecule has 0 heterocycles. The van der Waals surface area contributed by atoms with E-state index in [1.54, 1.807) is 12.1 Å². The number of aliphatic carboxylic acids is 1. The number of halogens is 2. The van der Waals surface area contributed by atoms with Crippen LogP contribution in [0.5, 0.6) is 0 Å². The van der Waals surface area contributed by atoms with E-state index >= 15 is 0 Å². The Morgan fingerprint density at radius 2 is 2.05 bits per heavy atom. The minimum atomic E-state index is -0.734. The molecular formula is C14H16ClFO3. The average molecular weight is 287 g/mol. The van der Waals surface area contributed by atoms with E-state index < -0.39 is 5.97 Å². The Hall–Kier alpha value is -1.13. The maximum Gasteiger partial charge on any atom is 0.306 e. The standard InChI is InChI=1S/C14H16ClFO3/c15-11-4-1-10(13(16)7-11)8-19-12-5-2-9(3-6-12)14(17)18/h1,4,7,9,12H,2-3,5-6,8H2,(H,17,18). The Bertz CT molecular complexity index is 456. The van der Waals surface area contributed by atoms with Crippen LogP contribution in [-0.2, 0) is 16.1 Å².